The zero-order valence-electron chi connectivity index (χ0n) is 12.7. The minimum Gasteiger partial charge on any atom is -0.438 e. The molecule has 1 amide bonds. The number of sulfonamides is 1. The van der Waals surface area contributed by atoms with E-state index in [-0.39, 0.29) is 22.8 Å². The standard InChI is InChI=1S/C16H18N2O4S/c1-17-23(20,21)15-10-9-14(22-15)16(19)18-11-5-8-13(18)12-6-3-2-4-7-12/h2-4,6-7,9-10,13,17H,5,8,11H2,1H3. The highest BCUT2D eigenvalue weighted by molar-refractivity contribution is 7.89. The molecule has 0 spiro atoms. The monoisotopic (exact) mass is 334 g/mol. The molecule has 0 saturated carbocycles. The van der Waals surface area contributed by atoms with E-state index in [0.29, 0.717) is 6.54 Å². The molecule has 1 fully saturated rings. The summed E-state index contributed by atoms with van der Waals surface area (Å²) in [4.78, 5) is 14.4. The number of furan rings is 1. The van der Waals surface area contributed by atoms with Crippen molar-refractivity contribution in [3.8, 4) is 0 Å². The Morgan fingerprint density at radius 2 is 1.96 bits per heavy atom. The van der Waals surface area contributed by atoms with Gasteiger partial charge in [0, 0.05) is 6.54 Å². The van der Waals surface area contributed by atoms with Crippen LogP contribution in [0.3, 0.4) is 0 Å². The van der Waals surface area contributed by atoms with Gasteiger partial charge < -0.3 is 9.32 Å². The lowest BCUT2D eigenvalue weighted by molar-refractivity contribution is 0.0697. The first-order valence-corrected chi connectivity index (χ1v) is 8.90. The van der Waals surface area contributed by atoms with Crippen molar-refractivity contribution in [3.05, 3.63) is 53.8 Å². The summed E-state index contributed by atoms with van der Waals surface area (Å²) in [6, 6.07) is 12.5. The third-order valence-corrected chi connectivity index (χ3v) is 5.31. The maximum atomic E-state index is 12.7. The van der Waals surface area contributed by atoms with Gasteiger partial charge in [0.15, 0.2) is 5.76 Å². The number of rotatable bonds is 4. The number of likely N-dealkylation sites (tertiary alicyclic amines) is 1. The average Bonchev–Trinajstić information content (AvgIpc) is 3.24. The van der Waals surface area contributed by atoms with E-state index < -0.39 is 10.0 Å². The summed E-state index contributed by atoms with van der Waals surface area (Å²) < 4.78 is 30.9. The largest absolute Gasteiger partial charge is 0.438 e. The fourth-order valence-corrected chi connectivity index (χ4v) is 3.50. The Labute approximate surface area is 135 Å². The zero-order valence-corrected chi connectivity index (χ0v) is 13.5. The summed E-state index contributed by atoms with van der Waals surface area (Å²) in [5.41, 5.74) is 1.08. The maximum Gasteiger partial charge on any atom is 0.290 e. The van der Waals surface area contributed by atoms with Crippen molar-refractivity contribution in [2.24, 2.45) is 0 Å². The van der Waals surface area contributed by atoms with E-state index in [1.165, 1.54) is 19.2 Å². The Morgan fingerprint density at radius 3 is 2.65 bits per heavy atom. The van der Waals surface area contributed by atoms with E-state index in [1.807, 2.05) is 30.3 Å². The summed E-state index contributed by atoms with van der Waals surface area (Å²) >= 11 is 0. The van der Waals surface area contributed by atoms with Gasteiger partial charge in [-0.15, -0.1) is 0 Å². The van der Waals surface area contributed by atoms with E-state index in [4.69, 9.17) is 4.42 Å². The fourth-order valence-electron chi connectivity index (χ4n) is 2.85. The number of hydrogen-bond donors (Lipinski definition) is 1. The van der Waals surface area contributed by atoms with Gasteiger partial charge >= 0.3 is 0 Å². The molecular weight excluding hydrogens is 316 g/mol. The van der Waals surface area contributed by atoms with E-state index in [0.717, 1.165) is 18.4 Å². The fraction of sp³-hybridized carbons (Fsp3) is 0.312. The molecule has 3 rings (SSSR count). The second-order valence-electron chi connectivity index (χ2n) is 5.39. The number of nitrogens with zero attached hydrogens (tertiary/aromatic N) is 1. The molecule has 0 bridgehead atoms. The Balaban J connectivity index is 1.85. The minimum atomic E-state index is -3.69. The number of amides is 1. The summed E-state index contributed by atoms with van der Waals surface area (Å²) in [5, 5.41) is -0.251. The predicted octanol–water partition coefficient (Wildman–Crippen LogP) is 2.17. The van der Waals surface area contributed by atoms with Gasteiger partial charge in [0.25, 0.3) is 15.9 Å². The van der Waals surface area contributed by atoms with E-state index >= 15 is 0 Å². The molecule has 7 heteroatoms. The van der Waals surface area contributed by atoms with E-state index in [9.17, 15) is 13.2 Å². The van der Waals surface area contributed by atoms with Crippen LogP contribution in [0, 0.1) is 0 Å². The third-order valence-electron chi connectivity index (χ3n) is 4.02. The highest BCUT2D eigenvalue weighted by Gasteiger charge is 2.32. The molecule has 1 aliphatic heterocycles. The smallest absolute Gasteiger partial charge is 0.290 e. The van der Waals surface area contributed by atoms with Crippen molar-refractivity contribution in [2.45, 2.75) is 24.0 Å². The second kappa shape index (κ2) is 6.17. The van der Waals surface area contributed by atoms with E-state index in [2.05, 4.69) is 4.72 Å². The quantitative estimate of drug-likeness (QED) is 0.929. The normalized spacial score (nSPS) is 18.3. The van der Waals surface area contributed by atoms with Gasteiger partial charge in [-0.25, -0.2) is 13.1 Å². The summed E-state index contributed by atoms with van der Waals surface area (Å²) in [5.74, 6) is -0.240. The van der Waals surface area contributed by atoms with Crippen molar-refractivity contribution < 1.29 is 17.6 Å². The first-order chi connectivity index (χ1) is 11.0. The molecule has 0 aliphatic carbocycles. The molecule has 6 nitrogen and oxygen atoms in total. The van der Waals surface area contributed by atoms with Crippen LogP contribution in [0.1, 0.15) is 35.0 Å². The van der Waals surface area contributed by atoms with Crippen molar-refractivity contribution in [1.29, 1.82) is 0 Å². The molecular formula is C16H18N2O4S. The Bertz CT molecular complexity index is 798. The van der Waals surface area contributed by atoms with Gasteiger partial charge in [-0.05, 0) is 37.6 Å². The Kier molecular flexibility index (Phi) is 4.23. The number of hydrogen-bond acceptors (Lipinski definition) is 4. The van der Waals surface area contributed by atoms with Crippen molar-refractivity contribution in [3.63, 3.8) is 0 Å². The lowest BCUT2D eigenvalue weighted by Gasteiger charge is -2.24. The van der Waals surface area contributed by atoms with Gasteiger partial charge in [-0.3, -0.25) is 4.79 Å². The molecule has 1 unspecified atom stereocenters. The lowest BCUT2D eigenvalue weighted by atomic mass is 10.0. The van der Waals surface area contributed by atoms with Gasteiger partial charge in [0.1, 0.15) is 0 Å². The maximum absolute atomic E-state index is 12.7. The van der Waals surface area contributed by atoms with Crippen molar-refractivity contribution in [2.75, 3.05) is 13.6 Å². The highest BCUT2D eigenvalue weighted by Crippen LogP contribution is 2.33. The topological polar surface area (TPSA) is 79.6 Å². The first kappa shape index (κ1) is 15.8. The summed E-state index contributed by atoms with van der Waals surface area (Å²) in [6.45, 7) is 0.632. The van der Waals surface area contributed by atoms with Gasteiger partial charge in [0.05, 0.1) is 6.04 Å². The van der Waals surface area contributed by atoms with Crippen LogP contribution in [-0.4, -0.2) is 32.8 Å². The van der Waals surface area contributed by atoms with Crippen LogP contribution in [0.4, 0.5) is 0 Å². The van der Waals surface area contributed by atoms with E-state index in [1.54, 1.807) is 4.90 Å². The van der Waals surface area contributed by atoms with Crippen LogP contribution >= 0.6 is 0 Å². The Morgan fingerprint density at radius 1 is 1.22 bits per heavy atom. The zero-order chi connectivity index (χ0) is 16.4. The van der Waals surface area contributed by atoms with Crippen LogP contribution < -0.4 is 4.72 Å². The van der Waals surface area contributed by atoms with Crippen molar-refractivity contribution in [1.82, 2.24) is 9.62 Å². The van der Waals surface area contributed by atoms with Crippen LogP contribution in [0.2, 0.25) is 0 Å². The highest BCUT2D eigenvalue weighted by atomic mass is 32.2. The molecule has 1 saturated heterocycles. The first-order valence-electron chi connectivity index (χ1n) is 7.42. The van der Waals surface area contributed by atoms with Crippen LogP contribution in [0.25, 0.3) is 0 Å². The van der Waals surface area contributed by atoms with Crippen LogP contribution in [0.15, 0.2) is 52.0 Å². The number of carbonyl (C=O) groups excluding carboxylic acids is 1. The Hall–Kier alpha value is -2.12. The average molecular weight is 334 g/mol. The third kappa shape index (κ3) is 3.02. The molecule has 1 aliphatic rings. The van der Waals surface area contributed by atoms with Gasteiger partial charge in [-0.2, -0.15) is 0 Å². The van der Waals surface area contributed by atoms with Gasteiger partial charge in [0.2, 0.25) is 5.09 Å². The van der Waals surface area contributed by atoms with Crippen LogP contribution in [0.5, 0.6) is 0 Å². The molecule has 0 radical (unpaired) electrons. The number of nitrogens with one attached hydrogen (secondary N) is 1. The molecule has 122 valence electrons. The molecule has 2 aromatic rings. The molecule has 1 atom stereocenters. The molecule has 1 N–H and O–H groups in total. The van der Waals surface area contributed by atoms with Crippen molar-refractivity contribution >= 4 is 15.9 Å². The molecule has 1 aromatic heterocycles. The lowest BCUT2D eigenvalue weighted by Crippen LogP contribution is -2.30. The number of benzene rings is 1. The SMILES string of the molecule is CNS(=O)(=O)c1ccc(C(=O)N2CCCC2c2ccccc2)o1. The minimum absolute atomic E-state index is 0.00171. The number of carbonyl (C=O) groups is 1. The predicted molar refractivity (Wildman–Crippen MR) is 84.4 cm³/mol. The summed E-state index contributed by atoms with van der Waals surface area (Å²) in [6.07, 6.45) is 1.80. The molecule has 2 heterocycles. The van der Waals surface area contributed by atoms with Crippen LogP contribution in [-0.2, 0) is 10.0 Å². The summed E-state index contributed by atoms with van der Waals surface area (Å²) in [7, 11) is -2.39. The molecule has 23 heavy (non-hydrogen) atoms. The van der Waals surface area contributed by atoms with Gasteiger partial charge in [-0.1, -0.05) is 30.3 Å². The second-order valence-corrected chi connectivity index (χ2v) is 7.21. The molecule has 1 aromatic carbocycles.